The van der Waals surface area contributed by atoms with E-state index in [1.807, 2.05) is 6.92 Å². The van der Waals surface area contributed by atoms with Gasteiger partial charge in [-0.2, -0.15) is 4.98 Å². The van der Waals surface area contributed by atoms with Gasteiger partial charge in [0.05, 0.1) is 6.04 Å². The molecular weight excluding hydrogens is 222 g/mol. The Morgan fingerprint density at radius 2 is 2.25 bits per heavy atom. The van der Waals surface area contributed by atoms with Gasteiger partial charge >= 0.3 is 6.01 Å². The third-order valence-electron chi connectivity index (χ3n) is 2.32. The minimum Gasteiger partial charge on any atom is -0.330 e. The Labute approximate surface area is 98.7 Å². The standard InChI is InChI=1S/C11H15N3OS/c1-7(2)10(9-5-4-6-16-9)13-11-12-8(3)14-15-11/h4-7,10H,1-3H3,(H,12,13,14). The minimum atomic E-state index is 0.222. The van der Waals surface area contributed by atoms with Gasteiger partial charge in [0.2, 0.25) is 0 Å². The van der Waals surface area contributed by atoms with Crippen molar-refractivity contribution in [1.29, 1.82) is 0 Å². The summed E-state index contributed by atoms with van der Waals surface area (Å²) in [6.07, 6.45) is 0. The average molecular weight is 237 g/mol. The molecule has 1 unspecified atom stereocenters. The van der Waals surface area contributed by atoms with Crippen molar-refractivity contribution in [2.24, 2.45) is 5.92 Å². The molecule has 16 heavy (non-hydrogen) atoms. The molecule has 2 aromatic rings. The minimum absolute atomic E-state index is 0.222. The maximum absolute atomic E-state index is 5.08. The largest absolute Gasteiger partial charge is 0.330 e. The smallest absolute Gasteiger partial charge is 0.321 e. The Morgan fingerprint density at radius 3 is 2.75 bits per heavy atom. The topological polar surface area (TPSA) is 51.0 Å². The van der Waals surface area contributed by atoms with Crippen LogP contribution in [0.1, 0.15) is 30.6 Å². The fraction of sp³-hybridized carbons (Fsp3) is 0.455. The molecule has 0 bridgehead atoms. The molecule has 4 nitrogen and oxygen atoms in total. The fourth-order valence-corrected chi connectivity index (χ4v) is 2.47. The Balaban J connectivity index is 2.15. The van der Waals surface area contributed by atoms with Gasteiger partial charge in [0.25, 0.3) is 0 Å². The summed E-state index contributed by atoms with van der Waals surface area (Å²) in [5.41, 5.74) is 0. The molecule has 0 radical (unpaired) electrons. The highest BCUT2D eigenvalue weighted by atomic mass is 32.1. The monoisotopic (exact) mass is 237 g/mol. The highest BCUT2D eigenvalue weighted by Crippen LogP contribution is 2.28. The van der Waals surface area contributed by atoms with E-state index in [2.05, 4.69) is 46.8 Å². The Hall–Kier alpha value is -1.36. The zero-order valence-corrected chi connectivity index (χ0v) is 10.4. The third-order valence-corrected chi connectivity index (χ3v) is 3.28. The van der Waals surface area contributed by atoms with Crippen molar-refractivity contribution < 1.29 is 4.52 Å². The van der Waals surface area contributed by atoms with Gasteiger partial charge in [0.1, 0.15) is 0 Å². The maximum Gasteiger partial charge on any atom is 0.321 e. The van der Waals surface area contributed by atoms with E-state index >= 15 is 0 Å². The van der Waals surface area contributed by atoms with E-state index < -0.39 is 0 Å². The van der Waals surface area contributed by atoms with Crippen LogP contribution in [-0.4, -0.2) is 10.1 Å². The van der Waals surface area contributed by atoms with Crippen LogP contribution in [0.2, 0.25) is 0 Å². The lowest BCUT2D eigenvalue weighted by Crippen LogP contribution is -2.15. The predicted molar refractivity (Wildman–Crippen MR) is 64.6 cm³/mol. The highest BCUT2D eigenvalue weighted by Gasteiger charge is 2.18. The van der Waals surface area contributed by atoms with Crippen molar-refractivity contribution in [2.45, 2.75) is 26.8 Å². The van der Waals surface area contributed by atoms with Gasteiger partial charge in [0, 0.05) is 4.88 Å². The van der Waals surface area contributed by atoms with Gasteiger partial charge < -0.3 is 9.84 Å². The van der Waals surface area contributed by atoms with Gasteiger partial charge in [-0.3, -0.25) is 0 Å². The van der Waals surface area contributed by atoms with Crippen LogP contribution in [-0.2, 0) is 0 Å². The van der Waals surface area contributed by atoms with Gasteiger partial charge in [-0.05, 0) is 24.3 Å². The zero-order chi connectivity index (χ0) is 11.5. The summed E-state index contributed by atoms with van der Waals surface area (Å²) in [4.78, 5) is 5.44. The molecule has 0 amide bonds. The molecule has 0 saturated heterocycles. The zero-order valence-electron chi connectivity index (χ0n) is 9.60. The molecule has 2 rings (SSSR count). The van der Waals surface area contributed by atoms with Crippen LogP contribution in [0.4, 0.5) is 6.01 Å². The molecule has 1 atom stereocenters. The first-order valence-electron chi connectivity index (χ1n) is 5.27. The molecule has 0 saturated carbocycles. The molecule has 0 aromatic carbocycles. The molecule has 2 aromatic heterocycles. The van der Waals surface area contributed by atoms with Crippen molar-refractivity contribution in [2.75, 3.05) is 5.32 Å². The SMILES string of the molecule is Cc1noc(NC(c2cccs2)C(C)C)n1. The van der Waals surface area contributed by atoms with Gasteiger partial charge in [-0.25, -0.2) is 0 Å². The summed E-state index contributed by atoms with van der Waals surface area (Å²) in [6, 6.07) is 4.88. The van der Waals surface area contributed by atoms with Crippen molar-refractivity contribution in [3.8, 4) is 0 Å². The predicted octanol–water partition coefficient (Wildman–Crippen LogP) is 3.25. The first-order chi connectivity index (χ1) is 7.66. The van der Waals surface area contributed by atoms with E-state index in [9.17, 15) is 0 Å². The number of anilines is 1. The van der Waals surface area contributed by atoms with E-state index in [0.29, 0.717) is 17.8 Å². The van der Waals surface area contributed by atoms with Crippen molar-refractivity contribution in [1.82, 2.24) is 10.1 Å². The molecule has 5 heteroatoms. The van der Waals surface area contributed by atoms with Crippen molar-refractivity contribution in [3.05, 3.63) is 28.2 Å². The summed E-state index contributed by atoms with van der Waals surface area (Å²) in [5, 5.41) is 9.11. The number of aromatic nitrogens is 2. The Bertz CT molecular complexity index is 436. The van der Waals surface area contributed by atoms with Gasteiger partial charge in [-0.15, -0.1) is 11.3 Å². The second kappa shape index (κ2) is 4.65. The van der Waals surface area contributed by atoms with Gasteiger partial charge in [-0.1, -0.05) is 25.1 Å². The van der Waals surface area contributed by atoms with E-state index in [1.54, 1.807) is 11.3 Å². The lowest BCUT2D eigenvalue weighted by molar-refractivity contribution is 0.414. The van der Waals surface area contributed by atoms with E-state index in [4.69, 9.17) is 4.52 Å². The Kier molecular flexibility index (Phi) is 3.24. The first kappa shape index (κ1) is 11.1. The molecular formula is C11H15N3OS. The summed E-state index contributed by atoms with van der Waals surface area (Å²) in [6.45, 7) is 6.14. The number of hydrogen-bond donors (Lipinski definition) is 1. The third kappa shape index (κ3) is 2.41. The number of nitrogens with one attached hydrogen (secondary N) is 1. The molecule has 2 heterocycles. The van der Waals surface area contributed by atoms with Gasteiger partial charge in [0.15, 0.2) is 5.82 Å². The summed E-state index contributed by atoms with van der Waals surface area (Å²) >= 11 is 1.73. The second-order valence-corrected chi connectivity index (χ2v) is 5.01. The first-order valence-corrected chi connectivity index (χ1v) is 6.15. The molecule has 0 spiro atoms. The average Bonchev–Trinajstić information content (AvgIpc) is 2.84. The second-order valence-electron chi connectivity index (χ2n) is 4.03. The number of thiophene rings is 1. The van der Waals surface area contributed by atoms with Crippen LogP contribution >= 0.6 is 11.3 Å². The summed E-state index contributed by atoms with van der Waals surface area (Å²) in [5.74, 6) is 1.11. The summed E-state index contributed by atoms with van der Waals surface area (Å²) in [7, 11) is 0. The van der Waals surface area contributed by atoms with Crippen LogP contribution in [0.15, 0.2) is 22.0 Å². The van der Waals surface area contributed by atoms with Crippen LogP contribution in [0.25, 0.3) is 0 Å². The van der Waals surface area contributed by atoms with Crippen LogP contribution in [0, 0.1) is 12.8 Å². The number of rotatable bonds is 4. The van der Waals surface area contributed by atoms with Crippen molar-refractivity contribution in [3.63, 3.8) is 0 Å². The molecule has 0 aliphatic heterocycles. The van der Waals surface area contributed by atoms with Crippen LogP contribution in [0.5, 0.6) is 0 Å². The number of aryl methyl sites for hydroxylation is 1. The molecule has 1 N–H and O–H groups in total. The highest BCUT2D eigenvalue weighted by molar-refractivity contribution is 7.10. The number of nitrogens with zero attached hydrogens (tertiary/aromatic N) is 2. The van der Waals surface area contributed by atoms with E-state index in [0.717, 1.165) is 0 Å². The number of hydrogen-bond acceptors (Lipinski definition) is 5. The van der Waals surface area contributed by atoms with Crippen LogP contribution < -0.4 is 5.32 Å². The van der Waals surface area contributed by atoms with Crippen molar-refractivity contribution >= 4 is 17.4 Å². The van der Waals surface area contributed by atoms with Crippen LogP contribution in [0.3, 0.4) is 0 Å². The summed E-state index contributed by atoms with van der Waals surface area (Å²) < 4.78 is 5.08. The maximum atomic E-state index is 5.08. The molecule has 0 fully saturated rings. The quantitative estimate of drug-likeness (QED) is 0.886. The lowest BCUT2D eigenvalue weighted by Gasteiger charge is -2.19. The van der Waals surface area contributed by atoms with E-state index in [1.165, 1.54) is 4.88 Å². The normalized spacial score (nSPS) is 13.0. The van der Waals surface area contributed by atoms with E-state index in [-0.39, 0.29) is 6.04 Å². The Morgan fingerprint density at radius 1 is 1.44 bits per heavy atom. The lowest BCUT2D eigenvalue weighted by atomic mass is 10.0. The molecule has 86 valence electrons. The fourth-order valence-electron chi connectivity index (χ4n) is 1.52. The molecule has 0 aliphatic rings. The molecule has 0 aliphatic carbocycles.